The minimum absolute atomic E-state index is 0.0995. The number of aromatic nitrogens is 3. The molecule has 1 aromatic carbocycles. The fourth-order valence-corrected chi connectivity index (χ4v) is 2.52. The monoisotopic (exact) mass is 245 g/mol. The molecular formula is C12H11N3OS. The van der Waals surface area contributed by atoms with Gasteiger partial charge in [-0.3, -0.25) is 0 Å². The summed E-state index contributed by atoms with van der Waals surface area (Å²) in [5.74, 6) is 0. The molecule has 1 N–H and O–H groups in total. The van der Waals surface area contributed by atoms with E-state index in [-0.39, 0.29) is 6.61 Å². The van der Waals surface area contributed by atoms with Crippen molar-refractivity contribution in [3.05, 3.63) is 41.5 Å². The Balaban J connectivity index is 2.00. The van der Waals surface area contributed by atoms with E-state index in [9.17, 15) is 0 Å². The van der Waals surface area contributed by atoms with Crippen LogP contribution in [0.5, 0.6) is 0 Å². The van der Waals surface area contributed by atoms with Crippen LogP contribution in [0.25, 0.3) is 15.8 Å². The van der Waals surface area contributed by atoms with Gasteiger partial charge in [0.05, 0.1) is 17.6 Å². The zero-order valence-corrected chi connectivity index (χ0v) is 9.89. The molecule has 0 aliphatic rings. The number of hydrogen-bond donors (Lipinski definition) is 1. The highest BCUT2D eigenvalue weighted by molar-refractivity contribution is 7.17. The van der Waals surface area contributed by atoms with Gasteiger partial charge in [-0.25, -0.2) is 4.68 Å². The molecule has 0 aliphatic heterocycles. The summed E-state index contributed by atoms with van der Waals surface area (Å²) in [5, 5.41) is 20.2. The molecule has 0 unspecified atom stereocenters. The molecule has 0 spiro atoms. The lowest BCUT2D eigenvalue weighted by Gasteiger charge is -1.99. The van der Waals surface area contributed by atoms with E-state index in [0.29, 0.717) is 6.42 Å². The Kier molecular flexibility index (Phi) is 2.62. The quantitative estimate of drug-likeness (QED) is 0.768. The van der Waals surface area contributed by atoms with Gasteiger partial charge < -0.3 is 5.11 Å². The van der Waals surface area contributed by atoms with Crippen LogP contribution in [-0.2, 0) is 6.42 Å². The van der Waals surface area contributed by atoms with E-state index in [1.54, 1.807) is 16.0 Å². The average molecular weight is 245 g/mol. The minimum atomic E-state index is 0.0995. The molecule has 0 saturated heterocycles. The van der Waals surface area contributed by atoms with Gasteiger partial charge in [0.1, 0.15) is 0 Å². The van der Waals surface area contributed by atoms with Gasteiger partial charge in [0.2, 0.25) is 0 Å². The highest BCUT2D eigenvalue weighted by atomic mass is 32.1. The first-order valence-electron chi connectivity index (χ1n) is 5.36. The Labute approximate surface area is 102 Å². The maximum atomic E-state index is 8.84. The lowest BCUT2D eigenvalue weighted by molar-refractivity contribution is 0.298. The average Bonchev–Trinajstić information content (AvgIpc) is 2.96. The number of aliphatic hydroxyl groups excluding tert-OH is 1. The Morgan fingerprint density at radius 2 is 2.24 bits per heavy atom. The van der Waals surface area contributed by atoms with Crippen LogP contribution in [0.4, 0.5) is 0 Å². The lowest BCUT2D eigenvalue weighted by Crippen LogP contribution is -1.94. The molecule has 0 amide bonds. The summed E-state index contributed by atoms with van der Waals surface area (Å²) in [6.07, 6.45) is 2.39. The molecule has 17 heavy (non-hydrogen) atoms. The standard InChI is InChI=1S/C12H11N3OS/c16-5-3-10-8-15(14-13-10)11-1-2-12-9(7-11)4-6-17-12/h1-2,4,6-8,16H,3,5H2. The molecule has 86 valence electrons. The fraction of sp³-hybridized carbons (Fsp3) is 0.167. The molecule has 2 heterocycles. The third-order valence-corrected chi connectivity index (χ3v) is 3.51. The third kappa shape index (κ3) is 1.94. The zero-order chi connectivity index (χ0) is 11.7. The first kappa shape index (κ1) is 10.4. The smallest absolute Gasteiger partial charge is 0.0854 e. The van der Waals surface area contributed by atoms with Gasteiger partial charge in [-0.05, 0) is 35.0 Å². The molecule has 0 radical (unpaired) electrons. The summed E-state index contributed by atoms with van der Waals surface area (Å²) in [6.45, 7) is 0.0995. The summed E-state index contributed by atoms with van der Waals surface area (Å²) in [5.41, 5.74) is 1.80. The molecule has 0 bridgehead atoms. The number of benzene rings is 1. The SMILES string of the molecule is OCCc1cn(-c2ccc3sccc3c2)nn1. The van der Waals surface area contributed by atoms with E-state index < -0.39 is 0 Å². The van der Waals surface area contributed by atoms with Crippen molar-refractivity contribution in [2.45, 2.75) is 6.42 Å². The number of rotatable bonds is 3. The number of thiophene rings is 1. The van der Waals surface area contributed by atoms with E-state index in [2.05, 4.69) is 33.9 Å². The predicted octanol–water partition coefficient (Wildman–Crippen LogP) is 2.02. The van der Waals surface area contributed by atoms with E-state index in [1.165, 1.54) is 10.1 Å². The minimum Gasteiger partial charge on any atom is -0.396 e. The summed E-state index contributed by atoms with van der Waals surface area (Å²) < 4.78 is 3.01. The number of fused-ring (bicyclic) bond motifs is 1. The molecule has 0 aliphatic carbocycles. The number of nitrogens with zero attached hydrogens (tertiary/aromatic N) is 3. The highest BCUT2D eigenvalue weighted by Gasteiger charge is 2.03. The van der Waals surface area contributed by atoms with Gasteiger partial charge in [-0.1, -0.05) is 5.21 Å². The Hall–Kier alpha value is -1.72. The first-order valence-corrected chi connectivity index (χ1v) is 6.24. The summed E-state index contributed by atoms with van der Waals surface area (Å²) >= 11 is 1.73. The van der Waals surface area contributed by atoms with Crippen LogP contribution in [0.2, 0.25) is 0 Å². The van der Waals surface area contributed by atoms with Crippen LogP contribution >= 0.6 is 11.3 Å². The molecule has 0 saturated carbocycles. The molecule has 5 heteroatoms. The largest absolute Gasteiger partial charge is 0.396 e. The van der Waals surface area contributed by atoms with E-state index in [1.807, 2.05) is 12.3 Å². The van der Waals surface area contributed by atoms with Crippen molar-refractivity contribution >= 4 is 21.4 Å². The van der Waals surface area contributed by atoms with Gasteiger partial charge in [-0.15, -0.1) is 16.4 Å². The second kappa shape index (κ2) is 4.27. The maximum Gasteiger partial charge on any atom is 0.0854 e. The topological polar surface area (TPSA) is 50.9 Å². The Bertz CT molecular complexity index is 644. The van der Waals surface area contributed by atoms with Gasteiger partial charge in [0, 0.05) is 17.7 Å². The van der Waals surface area contributed by atoms with E-state index in [4.69, 9.17) is 5.11 Å². The highest BCUT2D eigenvalue weighted by Crippen LogP contribution is 2.23. The van der Waals surface area contributed by atoms with Crippen molar-refractivity contribution in [2.24, 2.45) is 0 Å². The number of hydrogen-bond acceptors (Lipinski definition) is 4. The number of aliphatic hydroxyl groups is 1. The van der Waals surface area contributed by atoms with Crippen molar-refractivity contribution in [1.82, 2.24) is 15.0 Å². The van der Waals surface area contributed by atoms with Crippen molar-refractivity contribution in [3.8, 4) is 5.69 Å². The van der Waals surface area contributed by atoms with Crippen LogP contribution in [0, 0.1) is 0 Å². The van der Waals surface area contributed by atoms with E-state index in [0.717, 1.165) is 11.4 Å². The summed E-state index contributed by atoms with van der Waals surface area (Å²) in [4.78, 5) is 0. The molecule has 3 aromatic rings. The normalized spacial score (nSPS) is 11.1. The van der Waals surface area contributed by atoms with Crippen molar-refractivity contribution in [3.63, 3.8) is 0 Å². The van der Waals surface area contributed by atoms with Crippen molar-refractivity contribution < 1.29 is 5.11 Å². The molecule has 3 rings (SSSR count). The van der Waals surface area contributed by atoms with Gasteiger partial charge in [0.15, 0.2) is 0 Å². The molecule has 2 aromatic heterocycles. The fourth-order valence-electron chi connectivity index (χ4n) is 1.75. The lowest BCUT2D eigenvalue weighted by atomic mass is 10.2. The predicted molar refractivity (Wildman–Crippen MR) is 67.5 cm³/mol. The zero-order valence-electron chi connectivity index (χ0n) is 9.08. The van der Waals surface area contributed by atoms with Crippen molar-refractivity contribution in [2.75, 3.05) is 6.61 Å². The van der Waals surface area contributed by atoms with Crippen molar-refractivity contribution in [1.29, 1.82) is 0 Å². The molecule has 0 atom stereocenters. The Morgan fingerprint density at radius 3 is 3.12 bits per heavy atom. The molecule has 0 fully saturated rings. The van der Waals surface area contributed by atoms with Gasteiger partial charge >= 0.3 is 0 Å². The van der Waals surface area contributed by atoms with E-state index >= 15 is 0 Å². The summed E-state index contributed by atoms with van der Waals surface area (Å²) in [6, 6.07) is 8.29. The second-order valence-electron chi connectivity index (χ2n) is 3.77. The van der Waals surface area contributed by atoms with Gasteiger partial charge in [0.25, 0.3) is 0 Å². The second-order valence-corrected chi connectivity index (χ2v) is 4.72. The maximum absolute atomic E-state index is 8.84. The van der Waals surface area contributed by atoms with Gasteiger partial charge in [-0.2, -0.15) is 0 Å². The summed E-state index contributed by atoms with van der Waals surface area (Å²) in [7, 11) is 0. The first-order chi connectivity index (χ1) is 8.36. The Morgan fingerprint density at radius 1 is 1.29 bits per heavy atom. The molecule has 4 nitrogen and oxygen atoms in total. The van der Waals surface area contributed by atoms with Crippen LogP contribution < -0.4 is 0 Å². The van der Waals surface area contributed by atoms with Crippen LogP contribution in [-0.4, -0.2) is 26.7 Å². The van der Waals surface area contributed by atoms with Crippen LogP contribution in [0.15, 0.2) is 35.8 Å². The molecular weight excluding hydrogens is 234 g/mol. The van der Waals surface area contributed by atoms with Crippen LogP contribution in [0.3, 0.4) is 0 Å². The van der Waals surface area contributed by atoms with Crippen LogP contribution in [0.1, 0.15) is 5.69 Å². The third-order valence-electron chi connectivity index (χ3n) is 2.61.